The summed E-state index contributed by atoms with van der Waals surface area (Å²) in [5, 5.41) is 12.6. The number of nitrogens with one attached hydrogen (secondary N) is 1. The predicted molar refractivity (Wildman–Crippen MR) is 83.1 cm³/mol. The summed E-state index contributed by atoms with van der Waals surface area (Å²) in [4.78, 5) is 0. The molecule has 3 heteroatoms. The van der Waals surface area contributed by atoms with E-state index in [0.29, 0.717) is 12.1 Å². The maximum atomic E-state index is 8.91. The van der Waals surface area contributed by atoms with Crippen LogP contribution < -0.4 is 5.32 Å². The first-order chi connectivity index (χ1) is 9.81. The van der Waals surface area contributed by atoms with E-state index >= 15 is 0 Å². The maximum Gasteiger partial charge on any atom is 0.0594 e. The summed E-state index contributed by atoms with van der Waals surface area (Å²) >= 11 is 0. The first-order valence-electron chi connectivity index (χ1n) is 7.89. The van der Waals surface area contributed by atoms with Gasteiger partial charge in [-0.15, -0.1) is 0 Å². The quantitative estimate of drug-likeness (QED) is 0.803. The zero-order chi connectivity index (χ0) is 14.2. The molecule has 1 aromatic rings. The molecule has 0 radical (unpaired) electrons. The fourth-order valence-electron chi connectivity index (χ4n) is 2.87. The van der Waals surface area contributed by atoms with Crippen molar-refractivity contribution >= 4 is 5.69 Å². The lowest BCUT2D eigenvalue weighted by Crippen LogP contribution is -2.34. The molecule has 0 spiro atoms. The second kappa shape index (κ2) is 8.28. The molecule has 2 unspecified atom stereocenters. The van der Waals surface area contributed by atoms with Gasteiger partial charge >= 0.3 is 0 Å². The number of rotatable bonds is 7. The Morgan fingerprint density at radius 3 is 3.10 bits per heavy atom. The summed E-state index contributed by atoms with van der Waals surface area (Å²) in [5.41, 5.74) is 2.49. The van der Waals surface area contributed by atoms with Gasteiger partial charge in [-0.3, -0.25) is 0 Å². The van der Waals surface area contributed by atoms with Crippen molar-refractivity contribution in [2.75, 3.05) is 18.5 Å². The summed E-state index contributed by atoms with van der Waals surface area (Å²) in [6.07, 6.45) is 6.74. The van der Waals surface area contributed by atoms with Gasteiger partial charge in [0.05, 0.1) is 6.10 Å². The van der Waals surface area contributed by atoms with E-state index in [-0.39, 0.29) is 6.61 Å². The second-order valence-electron chi connectivity index (χ2n) is 5.67. The summed E-state index contributed by atoms with van der Waals surface area (Å²) < 4.78 is 5.80. The van der Waals surface area contributed by atoms with Crippen LogP contribution in [-0.2, 0) is 11.2 Å². The van der Waals surface area contributed by atoms with E-state index in [1.807, 2.05) is 0 Å². The van der Waals surface area contributed by atoms with Crippen molar-refractivity contribution in [1.82, 2.24) is 0 Å². The number of hydrogen-bond donors (Lipinski definition) is 2. The highest BCUT2D eigenvalue weighted by atomic mass is 16.5. The van der Waals surface area contributed by atoms with E-state index in [9.17, 15) is 0 Å². The molecule has 0 amide bonds. The number of ether oxygens (including phenoxy) is 1. The lowest BCUT2D eigenvalue weighted by Gasteiger charge is -2.30. The van der Waals surface area contributed by atoms with Crippen molar-refractivity contribution in [3.05, 3.63) is 29.8 Å². The van der Waals surface area contributed by atoms with E-state index in [2.05, 4.69) is 36.5 Å². The summed E-state index contributed by atoms with van der Waals surface area (Å²) in [7, 11) is 0. The molecule has 0 aromatic heterocycles. The zero-order valence-corrected chi connectivity index (χ0v) is 12.5. The number of anilines is 1. The first kappa shape index (κ1) is 15.3. The Hall–Kier alpha value is -1.06. The van der Waals surface area contributed by atoms with Gasteiger partial charge in [0.15, 0.2) is 0 Å². The molecule has 0 bridgehead atoms. The van der Waals surface area contributed by atoms with Crippen molar-refractivity contribution < 1.29 is 9.84 Å². The SMILES string of the molecule is CCCC1CC(Nc2cccc(CCCO)c2)CCO1. The molecular weight excluding hydrogens is 250 g/mol. The Bertz CT molecular complexity index is 392. The Labute approximate surface area is 122 Å². The minimum Gasteiger partial charge on any atom is -0.396 e. The second-order valence-corrected chi connectivity index (χ2v) is 5.67. The number of aryl methyl sites for hydroxylation is 1. The highest BCUT2D eigenvalue weighted by Gasteiger charge is 2.21. The van der Waals surface area contributed by atoms with Crippen LogP contribution in [0.3, 0.4) is 0 Å². The van der Waals surface area contributed by atoms with Gasteiger partial charge in [-0.25, -0.2) is 0 Å². The largest absolute Gasteiger partial charge is 0.396 e. The molecule has 1 aliphatic rings. The number of aliphatic hydroxyl groups excluding tert-OH is 1. The van der Waals surface area contributed by atoms with Crippen LogP contribution in [-0.4, -0.2) is 30.5 Å². The minimum atomic E-state index is 0.260. The topological polar surface area (TPSA) is 41.5 Å². The van der Waals surface area contributed by atoms with Gasteiger partial charge in [0.25, 0.3) is 0 Å². The van der Waals surface area contributed by atoms with Crippen LogP contribution in [0, 0.1) is 0 Å². The monoisotopic (exact) mass is 277 g/mol. The molecule has 112 valence electrons. The van der Waals surface area contributed by atoms with Gasteiger partial charge in [-0.1, -0.05) is 25.5 Å². The molecular formula is C17H27NO2. The van der Waals surface area contributed by atoms with Crippen molar-refractivity contribution in [2.24, 2.45) is 0 Å². The number of benzene rings is 1. The van der Waals surface area contributed by atoms with Crippen LogP contribution in [0.25, 0.3) is 0 Å². The fourth-order valence-corrected chi connectivity index (χ4v) is 2.87. The average Bonchev–Trinajstić information content (AvgIpc) is 2.46. The predicted octanol–water partition coefficient (Wildman–Crippen LogP) is 3.37. The molecule has 2 atom stereocenters. The molecule has 0 saturated carbocycles. The standard InChI is InChI=1S/C17H27NO2/c1-2-5-17-13-16(9-11-20-17)18-15-8-3-6-14(12-15)7-4-10-19/h3,6,8,12,16-19H,2,4-5,7,9-11,13H2,1H3. The van der Waals surface area contributed by atoms with Crippen LogP contribution >= 0.6 is 0 Å². The third kappa shape index (κ3) is 4.80. The molecule has 1 aliphatic heterocycles. The fraction of sp³-hybridized carbons (Fsp3) is 0.647. The van der Waals surface area contributed by atoms with E-state index in [0.717, 1.165) is 38.7 Å². The van der Waals surface area contributed by atoms with Crippen LogP contribution in [0.5, 0.6) is 0 Å². The third-order valence-electron chi connectivity index (χ3n) is 3.90. The minimum absolute atomic E-state index is 0.260. The average molecular weight is 277 g/mol. The van der Waals surface area contributed by atoms with Gasteiger partial charge in [-0.05, 0) is 49.8 Å². The lowest BCUT2D eigenvalue weighted by atomic mass is 9.99. The summed E-state index contributed by atoms with van der Waals surface area (Å²) in [6.45, 7) is 3.34. The van der Waals surface area contributed by atoms with Crippen LogP contribution in [0.4, 0.5) is 5.69 Å². The number of hydrogen-bond acceptors (Lipinski definition) is 3. The Morgan fingerprint density at radius 1 is 1.40 bits per heavy atom. The van der Waals surface area contributed by atoms with Crippen molar-refractivity contribution in [2.45, 2.75) is 57.6 Å². The lowest BCUT2D eigenvalue weighted by molar-refractivity contribution is 0.00598. The Balaban J connectivity index is 1.88. The van der Waals surface area contributed by atoms with E-state index < -0.39 is 0 Å². The van der Waals surface area contributed by atoms with Crippen molar-refractivity contribution in [1.29, 1.82) is 0 Å². The molecule has 2 N–H and O–H groups in total. The maximum absolute atomic E-state index is 8.91. The molecule has 20 heavy (non-hydrogen) atoms. The van der Waals surface area contributed by atoms with Gasteiger partial charge in [-0.2, -0.15) is 0 Å². The van der Waals surface area contributed by atoms with Crippen molar-refractivity contribution in [3.63, 3.8) is 0 Å². The summed E-state index contributed by atoms with van der Waals surface area (Å²) in [5.74, 6) is 0. The Morgan fingerprint density at radius 2 is 2.30 bits per heavy atom. The summed E-state index contributed by atoms with van der Waals surface area (Å²) in [6, 6.07) is 9.09. The first-order valence-corrected chi connectivity index (χ1v) is 7.89. The highest BCUT2D eigenvalue weighted by molar-refractivity contribution is 5.46. The molecule has 3 nitrogen and oxygen atoms in total. The number of aliphatic hydroxyl groups is 1. The van der Waals surface area contributed by atoms with E-state index in [1.54, 1.807) is 0 Å². The van der Waals surface area contributed by atoms with Gasteiger partial charge < -0.3 is 15.2 Å². The molecule has 1 aromatic carbocycles. The van der Waals surface area contributed by atoms with Gasteiger partial charge in [0.2, 0.25) is 0 Å². The molecule has 0 aliphatic carbocycles. The van der Waals surface area contributed by atoms with Gasteiger partial charge in [0, 0.05) is 24.9 Å². The van der Waals surface area contributed by atoms with Crippen molar-refractivity contribution in [3.8, 4) is 0 Å². The van der Waals surface area contributed by atoms with Crippen LogP contribution in [0.2, 0.25) is 0 Å². The highest BCUT2D eigenvalue weighted by Crippen LogP contribution is 2.22. The van der Waals surface area contributed by atoms with Crippen LogP contribution in [0.1, 0.15) is 44.6 Å². The smallest absolute Gasteiger partial charge is 0.0594 e. The van der Waals surface area contributed by atoms with Gasteiger partial charge in [0.1, 0.15) is 0 Å². The third-order valence-corrected chi connectivity index (χ3v) is 3.90. The normalized spacial score (nSPS) is 22.7. The van der Waals surface area contributed by atoms with Crippen LogP contribution in [0.15, 0.2) is 24.3 Å². The molecule has 1 heterocycles. The zero-order valence-electron chi connectivity index (χ0n) is 12.5. The Kier molecular flexibility index (Phi) is 6.34. The van der Waals surface area contributed by atoms with E-state index in [1.165, 1.54) is 17.7 Å². The molecule has 2 rings (SSSR count). The van der Waals surface area contributed by atoms with E-state index in [4.69, 9.17) is 9.84 Å². The molecule has 1 fully saturated rings. The molecule has 1 saturated heterocycles.